The van der Waals surface area contributed by atoms with Gasteiger partial charge in [-0.1, -0.05) is 42.5 Å². The summed E-state index contributed by atoms with van der Waals surface area (Å²) < 4.78 is 66.9. The predicted molar refractivity (Wildman–Crippen MR) is 180 cm³/mol. The molecule has 3 aromatic carbocycles. The second-order valence-corrected chi connectivity index (χ2v) is 16.0. The van der Waals surface area contributed by atoms with Crippen LogP contribution < -0.4 is 25.8 Å². The number of nitrogens with two attached hydrogens (primary N) is 1. The minimum atomic E-state index is -3.76. The van der Waals surface area contributed by atoms with Crippen LogP contribution in [0.2, 0.25) is 0 Å². The van der Waals surface area contributed by atoms with Crippen LogP contribution in [0.1, 0.15) is 24.8 Å². The number of nitrogens with one attached hydrogen (secondary N) is 3. The zero-order valence-electron chi connectivity index (χ0n) is 27.0. The fourth-order valence-corrected chi connectivity index (χ4v) is 8.18. The number of aliphatic hydroxyl groups excluding tert-OH is 1. The monoisotopic (exact) mass is 715 g/mol. The zero-order valence-corrected chi connectivity index (χ0v) is 28.6. The summed E-state index contributed by atoms with van der Waals surface area (Å²) in [5.74, 6) is -1.60. The Hall–Kier alpha value is -3.90. The van der Waals surface area contributed by atoms with E-state index in [1.807, 2.05) is 18.2 Å². The summed E-state index contributed by atoms with van der Waals surface area (Å²) in [6, 6.07) is 20.0. The van der Waals surface area contributed by atoms with Gasteiger partial charge in [-0.15, -0.1) is 0 Å². The molecule has 2 fully saturated rings. The molecule has 5 rings (SSSR count). The summed E-state index contributed by atoms with van der Waals surface area (Å²) in [4.78, 5) is 22.6. The Morgan fingerprint density at radius 1 is 1.00 bits per heavy atom. The topological polar surface area (TPSA) is 206 Å². The number of rotatable bonds is 13. The van der Waals surface area contributed by atoms with Crippen LogP contribution in [0.4, 0.5) is 0 Å². The van der Waals surface area contributed by atoms with E-state index >= 15 is 0 Å². The lowest BCUT2D eigenvalue weighted by atomic mass is 9.88. The molecule has 3 aromatic rings. The van der Waals surface area contributed by atoms with Gasteiger partial charge in [0.05, 0.1) is 22.0 Å². The number of hydrogen-bond acceptors (Lipinski definition) is 10. The van der Waals surface area contributed by atoms with Crippen molar-refractivity contribution in [2.45, 2.75) is 53.3 Å². The molecule has 2 heterocycles. The van der Waals surface area contributed by atoms with E-state index in [-0.39, 0.29) is 35.5 Å². The first-order valence-electron chi connectivity index (χ1n) is 15.8. The summed E-state index contributed by atoms with van der Waals surface area (Å²) in [5, 5.41) is 16.2. The minimum Gasteiger partial charge on any atom is -0.491 e. The SMILES string of the molecule is CNS(=O)(=O)c1cccc(OC[C@@H](O)CNC2COC3(CCN(S(=O)(=O)c4cccc(-c5ccc(CNC(=O)C(N)=O)cc5)c4)CC3)C2)c1. The number of benzene rings is 3. The van der Waals surface area contributed by atoms with Crippen molar-refractivity contribution >= 4 is 31.9 Å². The first kappa shape index (κ1) is 36.4. The van der Waals surface area contributed by atoms with Crippen molar-refractivity contribution in [1.82, 2.24) is 19.7 Å². The van der Waals surface area contributed by atoms with Crippen molar-refractivity contribution < 1.29 is 41.0 Å². The minimum absolute atomic E-state index is 0.0237. The van der Waals surface area contributed by atoms with Crippen molar-refractivity contribution in [2.75, 3.05) is 39.9 Å². The number of primary amides is 1. The van der Waals surface area contributed by atoms with Crippen molar-refractivity contribution in [3.63, 3.8) is 0 Å². The smallest absolute Gasteiger partial charge is 0.309 e. The van der Waals surface area contributed by atoms with Crippen LogP contribution in [0.3, 0.4) is 0 Å². The molecule has 2 aliphatic heterocycles. The molecule has 0 radical (unpaired) electrons. The Bertz CT molecular complexity index is 1860. The Morgan fingerprint density at radius 3 is 2.39 bits per heavy atom. The summed E-state index contributed by atoms with van der Waals surface area (Å²) in [7, 11) is -6.05. The van der Waals surface area contributed by atoms with Gasteiger partial charge in [-0.25, -0.2) is 21.6 Å². The van der Waals surface area contributed by atoms with Gasteiger partial charge in [0.15, 0.2) is 0 Å². The quantitative estimate of drug-likeness (QED) is 0.157. The predicted octanol–water partition coefficient (Wildman–Crippen LogP) is 0.705. The van der Waals surface area contributed by atoms with E-state index in [1.165, 1.54) is 23.5 Å². The van der Waals surface area contributed by atoms with Gasteiger partial charge < -0.3 is 30.9 Å². The van der Waals surface area contributed by atoms with Crippen LogP contribution in [-0.4, -0.2) is 95.7 Å². The molecule has 49 heavy (non-hydrogen) atoms. The molecule has 0 aliphatic carbocycles. The molecule has 0 saturated carbocycles. The van der Waals surface area contributed by atoms with Crippen LogP contribution in [0, 0.1) is 0 Å². The lowest BCUT2D eigenvalue weighted by Crippen LogP contribution is -2.47. The molecule has 6 N–H and O–H groups in total. The molecule has 2 amide bonds. The van der Waals surface area contributed by atoms with E-state index in [0.29, 0.717) is 44.7 Å². The molecule has 2 aliphatic rings. The highest BCUT2D eigenvalue weighted by Gasteiger charge is 2.44. The number of carbonyl (C=O) groups is 2. The number of amides is 2. The second-order valence-electron chi connectivity index (χ2n) is 12.1. The van der Waals surface area contributed by atoms with Gasteiger partial charge in [-0.3, -0.25) is 9.59 Å². The van der Waals surface area contributed by atoms with Crippen LogP contribution in [0.15, 0.2) is 82.6 Å². The second kappa shape index (κ2) is 15.3. The molecule has 0 aromatic heterocycles. The van der Waals surface area contributed by atoms with Crippen molar-refractivity contribution in [3.05, 3.63) is 78.4 Å². The van der Waals surface area contributed by atoms with Crippen LogP contribution in [-0.2, 0) is 40.9 Å². The van der Waals surface area contributed by atoms with E-state index in [9.17, 15) is 31.5 Å². The normalized spacial score (nSPS) is 18.6. The van der Waals surface area contributed by atoms with Crippen LogP contribution >= 0.6 is 0 Å². The number of carbonyl (C=O) groups excluding carboxylic acids is 2. The number of aliphatic hydroxyl groups is 1. The lowest BCUT2D eigenvalue weighted by molar-refractivity contribution is -0.137. The summed E-state index contributed by atoms with van der Waals surface area (Å²) in [6.07, 6.45) is 0.902. The number of hydrogen-bond donors (Lipinski definition) is 5. The maximum absolute atomic E-state index is 13.6. The maximum Gasteiger partial charge on any atom is 0.309 e. The Labute approximate surface area is 286 Å². The molecule has 1 unspecified atom stereocenters. The molecule has 16 heteroatoms. The third-order valence-corrected chi connectivity index (χ3v) is 12.1. The average molecular weight is 716 g/mol. The third-order valence-electron chi connectivity index (χ3n) is 8.75. The fraction of sp³-hybridized carbons (Fsp3) is 0.394. The van der Waals surface area contributed by atoms with E-state index in [0.717, 1.165) is 16.7 Å². The molecule has 14 nitrogen and oxygen atoms in total. The Kier molecular flexibility index (Phi) is 11.4. The van der Waals surface area contributed by atoms with Crippen molar-refractivity contribution in [2.24, 2.45) is 5.73 Å². The third kappa shape index (κ3) is 9.02. The number of nitrogens with zero attached hydrogens (tertiary/aromatic N) is 1. The lowest BCUT2D eigenvalue weighted by Gasteiger charge is -2.38. The molecule has 1 spiro atoms. The average Bonchev–Trinajstić information content (AvgIpc) is 3.51. The zero-order chi connectivity index (χ0) is 35.2. The van der Waals surface area contributed by atoms with Gasteiger partial charge in [-0.2, -0.15) is 4.31 Å². The molecule has 2 saturated heterocycles. The van der Waals surface area contributed by atoms with E-state index in [2.05, 4.69) is 15.4 Å². The first-order chi connectivity index (χ1) is 23.3. The Balaban J connectivity index is 1.10. The summed E-state index contributed by atoms with van der Waals surface area (Å²) in [6.45, 7) is 1.39. The van der Waals surface area contributed by atoms with Gasteiger partial charge in [0, 0.05) is 38.3 Å². The van der Waals surface area contributed by atoms with Gasteiger partial charge in [0.25, 0.3) is 0 Å². The highest BCUT2D eigenvalue weighted by Crippen LogP contribution is 2.37. The molecular formula is C33H41N5O9S2. The van der Waals surface area contributed by atoms with Crippen LogP contribution in [0.5, 0.6) is 5.75 Å². The number of ether oxygens (including phenoxy) is 2. The number of sulfonamides is 2. The molecule has 0 bridgehead atoms. The molecule has 2 atom stereocenters. The summed E-state index contributed by atoms with van der Waals surface area (Å²) >= 11 is 0. The van der Waals surface area contributed by atoms with E-state index < -0.39 is 43.6 Å². The van der Waals surface area contributed by atoms with Gasteiger partial charge in [0.2, 0.25) is 20.0 Å². The number of piperidine rings is 1. The largest absolute Gasteiger partial charge is 0.491 e. The molecular weight excluding hydrogens is 675 g/mol. The van der Waals surface area contributed by atoms with Gasteiger partial charge in [-0.05, 0) is 67.3 Å². The van der Waals surface area contributed by atoms with E-state index in [1.54, 1.807) is 42.5 Å². The van der Waals surface area contributed by atoms with E-state index in [4.69, 9.17) is 15.2 Å². The molecule has 264 valence electrons. The first-order valence-corrected chi connectivity index (χ1v) is 18.7. The van der Waals surface area contributed by atoms with Crippen LogP contribution in [0.25, 0.3) is 11.1 Å². The highest BCUT2D eigenvalue weighted by atomic mass is 32.2. The Morgan fingerprint density at radius 2 is 1.69 bits per heavy atom. The van der Waals surface area contributed by atoms with Gasteiger partial charge in [0.1, 0.15) is 18.5 Å². The van der Waals surface area contributed by atoms with Crippen molar-refractivity contribution in [1.29, 1.82) is 0 Å². The standard InChI is InChI=1S/C33H41N5O9S2/c1-35-48(42,43)29-6-3-5-28(17-29)46-22-27(39)20-36-26-18-33(47-21-26)12-14-38(15-13-33)49(44,45)30-7-2-4-25(16-30)24-10-8-23(9-11-24)19-37-32(41)31(34)40/h2-11,16-17,26-27,35-36,39H,12-15,18-22H2,1H3,(H2,34,40)(H,37,41)/t26?,27-/m0/s1. The fourth-order valence-electron chi connectivity index (χ4n) is 5.93. The summed E-state index contributed by atoms with van der Waals surface area (Å²) in [5.41, 5.74) is 6.78. The maximum atomic E-state index is 13.6. The van der Waals surface area contributed by atoms with Gasteiger partial charge >= 0.3 is 11.8 Å². The van der Waals surface area contributed by atoms with Crippen molar-refractivity contribution in [3.8, 4) is 16.9 Å². The highest BCUT2D eigenvalue weighted by molar-refractivity contribution is 7.89.